The molecular formula is C8H8ClNO2. The second kappa shape index (κ2) is 3.45. The van der Waals surface area contributed by atoms with Gasteiger partial charge in [-0.3, -0.25) is 0 Å². The number of esters is 1. The summed E-state index contributed by atoms with van der Waals surface area (Å²) in [4.78, 5) is 11.0. The predicted molar refractivity (Wildman–Crippen MR) is 47.2 cm³/mol. The van der Waals surface area contributed by atoms with Crippen LogP contribution in [0.4, 0.5) is 5.69 Å². The molecule has 64 valence electrons. The molecule has 4 heteroatoms. The number of hydrogen-bond acceptors (Lipinski definition) is 3. The topological polar surface area (TPSA) is 52.3 Å². The van der Waals surface area contributed by atoms with Crippen molar-refractivity contribution in [1.29, 1.82) is 0 Å². The van der Waals surface area contributed by atoms with Crippen molar-refractivity contribution in [3.8, 4) is 0 Å². The molecule has 0 saturated heterocycles. The molecule has 0 saturated carbocycles. The first-order chi connectivity index (χ1) is 5.66. The van der Waals surface area contributed by atoms with Crippen LogP contribution in [-0.4, -0.2) is 13.1 Å². The maximum atomic E-state index is 11.0. The number of halogens is 1. The summed E-state index contributed by atoms with van der Waals surface area (Å²) in [6.45, 7) is 0. The van der Waals surface area contributed by atoms with Crippen molar-refractivity contribution in [2.75, 3.05) is 12.8 Å². The molecule has 0 atom stereocenters. The molecule has 1 aromatic carbocycles. The van der Waals surface area contributed by atoms with Crippen LogP contribution in [0.1, 0.15) is 10.4 Å². The Hall–Kier alpha value is -1.22. The minimum atomic E-state index is -0.477. The molecule has 0 heterocycles. The van der Waals surface area contributed by atoms with E-state index in [0.29, 0.717) is 10.6 Å². The molecule has 0 aliphatic carbocycles. The number of nitrogen functional groups attached to an aromatic ring is 1. The maximum absolute atomic E-state index is 11.0. The fourth-order valence-corrected chi connectivity index (χ4v) is 1.000. The van der Waals surface area contributed by atoms with Crippen LogP contribution in [0.5, 0.6) is 0 Å². The quantitative estimate of drug-likeness (QED) is 0.551. The van der Waals surface area contributed by atoms with Crippen LogP contribution in [0, 0.1) is 0 Å². The lowest BCUT2D eigenvalue weighted by Crippen LogP contribution is -2.05. The van der Waals surface area contributed by atoms with Crippen molar-refractivity contribution >= 4 is 23.3 Å². The maximum Gasteiger partial charge on any atom is 0.340 e. The number of para-hydroxylation sites is 1. The highest BCUT2D eigenvalue weighted by Crippen LogP contribution is 2.22. The van der Waals surface area contributed by atoms with E-state index in [1.54, 1.807) is 18.2 Å². The normalized spacial score (nSPS) is 9.50. The van der Waals surface area contributed by atoms with Gasteiger partial charge in [0, 0.05) is 0 Å². The van der Waals surface area contributed by atoms with E-state index in [2.05, 4.69) is 4.74 Å². The number of carbonyl (C=O) groups excluding carboxylic acids is 1. The lowest BCUT2D eigenvalue weighted by atomic mass is 11.2. The number of ether oxygens (including phenoxy) is 1. The van der Waals surface area contributed by atoms with Gasteiger partial charge in [0.05, 0.1) is 23.4 Å². The van der Waals surface area contributed by atoms with Gasteiger partial charge < -0.3 is 10.5 Å². The number of nitrogens with two attached hydrogens (primary N) is 1. The van der Waals surface area contributed by atoms with Gasteiger partial charge in [-0.05, 0) is 12.1 Å². The van der Waals surface area contributed by atoms with Gasteiger partial charge in [0.2, 0.25) is 0 Å². The highest BCUT2D eigenvalue weighted by atomic mass is 35.5. The summed E-state index contributed by atoms with van der Waals surface area (Å²) < 4.78 is 4.49. The Balaban J connectivity index is 3.16. The van der Waals surface area contributed by atoms with Crippen LogP contribution in [0.25, 0.3) is 0 Å². The molecule has 0 fully saturated rings. The Morgan fingerprint density at radius 3 is 2.83 bits per heavy atom. The van der Waals surface area contributed by atoms with E-state index in [1.165, 1.54) is 7.11 Å². The highest BCUT2D eigenvalue weighted by molar-refractivity contribution is 6.33. The van der Waals surface area contributed by atoms with Gasteiger partial charge in [0.25, 0.3) is 0 Å². The zero-order chi connectivity index (χ0) is 9.14. The molecule has 0 spiro atoms. The van der Waals surface area contributed by atoms with Gasteiger partial charge in [0.15, 0.2) is 0 Å². The summed E-state index contributed by atoms with van der Waals surface area (Å²) in [7, 11) is 1.29. The second-order valence-corrected chi connectivity index (χ2v) is 2.60. The lowest BCUT2D eigenvalue weighted by Gasteiger charge is -2.03. The molecule has 2 N–H and O–H groups in total. The summed E-state index contributed by atoms with van der Waals surface area (Å²) in [6.07, 6.45) is 0. The molecule has 3 nitrogen and oxygen atoms in total. The molecule has 0 bridgehead atoms. The monoisotopic (exact) mass is 197 g/mol. The predicted octanol–water partition coefficient (Wildman–Crippen LogP) is 1.71. The summed E-state index contributed by atoms with van der Waals surface area (Å²) >= 11 is 5.68. The average molecular weight is 198 g/mol. The van der Waals surface area contributed by atoms with E-state index >= 15 is 0 Å². The molecule has 1 rings (SSSR count). The van der Waals surface area contributed by atoms with Crippen molar-refractivity contribution in [2.45, 2.75) is 0 Å². The first kappa shape index (κ1) is 8.87. The summed E-state index contributed by atoms with van der Waals surface area (Å²) in [5.41, 5.74) is 6.08. The first-order valence-corrected chi connectivity index (χ1v) is 3.67. The molecule has 1 aromatic rings. The third kappa shape index (κ3) is 1.51. The van der Waals surface area contributed by atoms with Gasteiger partial charge in [-0.2, -0.15) is 0 Å². The SMILES string of the molecule is COC(=O)[14c]1[14cH][14cH][14cH][14c](Cl)[14c]1N. The number of methoxy groups -OCH3 is 1. The van der Waals surface area contributed by atoms with Crippen molar-refractivity contribution < 1.29 is 9.53 Å². The van der Waals surface area contributed by atoms with E-state index in [4.69, 9.17) is 17.3 Å². The van der Waals surface area contributed by atoms with Crippen LogP contribution < -0.4 is 5.73 Å². The van der Waals surface area contributed by atoms with Crippen LogP contribution in [0.3, 0.4) is 0 Å². The fraction of sp³-hybridized carbons (Fsp3) is 0.125. The fourth-order valence-electron chi connectivity index (χ4n) is 0.825. The molecule has 0 aliphatic rings. The van der Waals surface area contributed by atoms with E-state index in [0.717, 1.165) is 0 Å². The Bertz CT molecular complexity index is 312. The molecule has 0 amide bonds. The Labute approximate surface area is 75.1 Å². The minimum absolute atomic E-state index is 0.256. The Kier molecular flexibility index (Phi) is 2.55. The van der Waals surface area contributed by atoms with E-state index in [9.17, 15) is 4.79 Å². The number of benzene rings is 1. The molecule has 0 radical (unpaired) electrons. The number of hydrogen-bond donors (Lipinski definition) is 1. The Morgan fingerprint density at radius 2 is 2.25 bits per heavy atom. The van der Waals surface area contributed by atoms with Crippen LogP contribution in [0.15, 0.2) is 18.2 Å². The molecule has 12 heavy (non-hydrogen) atoms. The summed E-state index contributed by atoms with van der Waals surface area (Å²) in [5.74, 6) is -0.477. The van der Waals surface area contributed by atoms with E-state index in [-0.39, 0.29) is 5.69 Å². The third-order valence-corrected chi connectivity index (χ3v) is 1.79. The number of rotatable bonds is 1. The molecule has 0 aliphatic heterocycles. The van der Waals surface area contributed by atoms with Crippen molar-refractivity contribution in [3.63, 3.8) is 0 Å². The van der Waals surface area contributed by atoms with Crippen LogP contribution >= 0.6 is 11.6 Å². The van der Waals surface area contributed by atoms with E-state index in [1.807, 2.05) is 0 Å². The smallest absolute Gasteiger partial charge is 0.340 e. The molecule has 0 aromatic heterocycles. The number of anilines is 1. The van der Waals surface area contributed by atoms with Crippen molar-refractivity contribution in [2.24, 2.45) is 0 Å². The highest BCUT2D eigenvalue weighted by Gasteiger charge is 2.10. The minimum Gasteiger partial charge on any atom is -0.465 e. The average Bonchev–Trinajstić information content (AvgIpc) is 2.08. The van der Waals surface area contributed by atoms with Gasteiger partial charge in [0.1, 0.15) is 0 Å². The van der Waals surface area contributed by atoms with Crippen molar-refractivity contribution in [3.05, 3.63) is 28.8 Å². The first-order valence-electron chi connectivity index (χ1n) is 3.29. The van der Waals surface area contributed by atoms with Crippen LogP contribution in [-0.2, 0) is 4.74 Å². The van der Waals surface area contributed by atoms with Gasteiger partial charge >= 0.3 is 5.97 Å². The lowest BCUT2D eigenvalue weighted by molar-refractivity contribution is 0.0602. The third-order valence-electron chi connectivity index (χ3n) is 1.46. The van der Waals surface area contributed by atoms with Gasteiger partial charge in [-0.25, -0.2) is 4.79 Å². The zero-order valence-corrected chi connectivity index (χ0v) is 7.26. The summed E-state index contributed by atoms with van der Waals surface area (Å²) in [6, 6.07) is 4.82. The summed E-state index contributed by atoms with van der Waals surface area (Å²) in [5, 5.41) is 0.359. The largest absolute Gasteiger partial charge is 0.465 e. The second-order valence-electron chi connectivity index (χ2n) is 2.19. The van der Waals surface area contributed by atoms with Gasteiger partial charge in [-0.1, -0.05) is 17.7 Å². The molecule has 0 unspecified atom stereocenters. The number of carbonyl (C=O) groups is 1. The van der Waals surface area contributed by atoms with Crippen LogP contribution in [0.2, 0.25) is 5.02 Å². The molecular weight excluding hydrogens is 189 g/mol. The zero-order valence-electron chi connectivity index (χ0n) is 6.50. The standard InChI is InChI=1S/C8H8ClNO2/c1-12-8(11)5-3-2-4-6(9)7(5)10/h2-4H,10H2,1H3/i2+2,3+2,4+2,5+2,6+2,7+2. The Morgan fingerprint density at radius 1 is 1.58 bits per heavy atom. The van der Waals surface area contributed by atoms with Crippen molar-refractivity contribution in [1.82, 2.24) is 0 Å². The van der Waals surface area contributed by atoms with Gasteiger partial charge in [-0.15, -0.1) is 0 Å². The van der Waals surface area contributed by atoms with E-state index < -0.39 is 5.97 Å².